The number of hydrogen-bond donors (Lipinski definition) is 1. The Morgan fingerprint density at radius 2 is 2.14 bits per heavy atom. The van der Waals surface area contributed by atoms with Crippen LogP contribution in [0.25, 0.3) is 0 Å². The van der Waals surface area contributed by atoms with Gasteiger partial charge in [0.15, 0.2) is 0 Å². The van der Waals surface area contributed by atoms with Crippen molar-refractivity contribution in [3.05, 3.63) is 62.4 Å². The summed E-state index contributed by atoms with van der Waals surface area (Å²) >= 11 is 3.23. The second kappa shape index (κ2) is 6.64. The number of benzene rings is 2. The van der Waals surface area contributed by atoms with E-state index in [1.165, 1.54) is 24.3 Å². The zero-order chi connectivity index (χ0) is 15.4. The standard InChI is InChI=1S/C14H12BrFN2O3/c1-17-8-9-7-10(16)5-6-13(9)21-14-11(15)3-2-4-12(14)18(19)20/h2-7,17H,8H2,1H3. The molecule has 0 amide bonds. The SMILES string of the molecule is CNCc1cc(F)ccc1Oc1c(Br)cccc1[N+](=O)[O-]. The summed E-state index contributed by atoms with van der Waals surface area (Å²) < 4.78 is 19.4. The molecule has 0 saturated carbocycles. The molecule has 0 aliphatic carbocycles. The molecule has 0 heterocycles. The first kappa shape index (κ1) is 15.4. The largest absolute Gasteiger partial charge is 0.449 e. The molecule has 2 aromatic rings. The smallest absolute Gasteiger partial charge is 0.312 e. The van der Waals surface area contributed by atoms with Gasteiger partial charge in [0.2, 0.25) is 5.75 Å². The molecular weight excluding hydrogens is 343 g/mol. The molecule has 0 spiro atoms. The third-order valence-electron chi connectivity index (χ3n) is 2.74. The molecule has 5 nitrogen and oxygen atoms in total. The highest BCUT2D eigenvalue weighted by Crippen LogP contribution is 2.39. The second-order valence-electron chi connectivity index (χ2n) is 4.23. The second-order valence-corrected chi connectivity index (χ2v) is 5.08. The minimum Gasteiger partial charge on any atom is -0.449 e. The lowest BCUT2D eigenvalue weighted by Gasteiger charge is -2.12. The molecule has 1 N–H and O–H groups in total. The first-order chi connectivity index (χ1) is 10.0. The maximum Gasteiger partial charge on any atom is 0.312 e. The Morgan fingerprint density at radius 1 is 1.38 bits per heavy atom. The zero-order valence-electron chi connectivity index (χ0n) is 11.1. The first-order valence-electron chi connectivity index (χ1n) is 6.06. The summed E-state index contributed by atoms with van der Waals surface area (Å²) in [5, 5.41) is 14.0. The Balaban J connectivity index is 2.45. The van der Waals surface area contributed by atoms with E-state index in [9.17, 15) is 14.5 Å². The minimum atomic E-state index is -0.526. The Kier molecular flexibility index (Phi) is 4.87. The molecule has 21 heavy (non-hydrogen) atoms. The van der Waals surface area contributed by atoms with Crippen LogP contribution in [0.1, 0.15) is 5.56 Å². The number of halogens is 2. The van der Waals surface area contributed by atoms with Gasteiger partial charge < -0.3 is 10.1 Å². The first-order valence-corrected chi connectivity index (χ1v) is 6.86. The van der Waals surface area contributed by atoms with Crippen molar-refractivity contribution in [2.75, 3.05) is 7.05 Å². The van der Waals surface area contributed by atoms with Gasteiger partial charge in [-0.1, -0.05) is 6.07 Å². The van der Waals surface area contributed by atoms with Crippen molar-refractivity contribution >= 4 is 21.6 Å². The third-order valence-corrected chi connectivity index (χ3v) is 3.37. The monoisotopic (exact) mass is 354 g/mol. The van der Waals surface area contributed by atoms with E-state index in [4.69, 9.17) is 4.74 Å². The lowest BCUT2D eigenvalue weighted by Crippen LogP contribution is -2.07. The van der Waals surface area contributed by atoms with E-state index in [0.29, 0.717) is 22.3 Å². The highest BCUT2D eigenvalue weighted by Gasteiger charge is 2.19. The lowest BCUT2D eigenvalue weighted by molar-refractivity contribution is -0.385. The van der Waals surface area contributed by atoms with Crippen molar-refractivity contribution in [1.29, 1.82) is 0 Å². The molecule has 2 rings (SSSR count). The lowest BCUT2D eigenvalue weighted by atomic mass is 10.2. The van der Waals surface area contributed by atoms with Crippen molar-refractivity contribution < 1.29 is 14.1 Å². The van der Waals surface area contributed by atoms with Crippen molar-refractivity contribution in [2.24, 2.45) is 0 Å². The Morgan fingerprint density at radius 3 is 2.81 bits per heavy atom. The predicted molar refractivity (Wildman–Crippen MR) is 80.0 cm³/mol. The van der Waals surface area contributed by atoms with Crippen LogP contribution >= 0.6 is 15.9 Å². The number of ether oxygens (including phenoxy) is 1. The van der Waals surface area contributed by atoms with Crippen molar-refractivity contribution in [2.45, 2.75) is 6.54 Å². The topological polar surface area (TPSA) is 64.4 Å². The average Bonchev–Trinajstić information content (AvgIpc) is 2.43. The van der Waals surface area contributed by atoms with Gasteiger partial charge in [0.05, 0.1) is 9.40 Å². The van der Waals surface area contributed by atoms with Crippen LogP contribution in [0.3, 0.4) is 0 Å². The van der Waals surface area contributed by atoms with Crippen LogP contribution < -0.4 is 10.1 Å². The van der Waals surface area contributed by atoms with Crippen molar-refractivity contribution in [1.82, 2.24) is 5.32 Å². The van der Waals surface area contributed by atoms with Gasteiger partial charge in [0.25, 0.3) is 0 Å². The summed E-state index contributed by atoms with van der Waals surface area (Å²) in [7, 11) is 1.72. The number of nitro benzene ring substituents is 1. The van der Waals surface area contributed by atoms with Gasteiger partial charge in [-0.15, -0.1) is 0 Å². The zero-order valence-corrected chi connectivity index (χ0v) is 12.7. The van der Waals surface area contributed by atoms with E-state index in [-0.39, 0.29) is 11.4 Å². The quantitative estimate of drug-likeness (QED) is 0.650. The molecular formula is C14H12BrFN2O3. The molecule has 0 saturated heterocycles. The number of para-hydroxylation sites is 1. The van der Waals surface area contributed by atoms with Gasteiger partial charge >= 0.3 is 5.69 Å². The van der Waals surface area contributed by atoms with Crippen LogP contribution in [0.2, 0.25) is 0 Å². The van der Waals surface area contributed by atoms with Gasteiger partial charge in [-0.25, -0.2) is 4.39 Å². The normalized spacial score (nSPS) is 10.4. The molecule has 0 aliphatic rings. The molecule has 0 atom stereocenters. The molecule has 0 fully saturated rings. The van der Waals surface area contributed by atoms with E-state index in [1.54, 1.807) is 19.2 Å². The number of nitrogens with one attached hydrogen (secondary N) is 1. The van der Waals surface area contributed by atoms with Crippen LogP contribution in [0.15, 0.2) is 40.9 Å². The van der Waals surface area contributed by atoms with Crippen LogP contribution in [-0.4, -0.2) is 12.0 Å². The van der Waals surface area contributed by atoms with Gasteiger partial charge in [-0.2, -0.15) is 0 Å². The fraction of sp³-hybridized carbons (Fsp3) is 0.143. The molecule has 2 aromatic carbocycles. The molecule has 7 heteroatoms. The Bertz CT molecular complexity index is 679. The molecule has 0 aromatic heterocycles. The fourth-order valence-electron chi connectivity index (χ4n) is 1.83. The van der Waals surface area contributed by atoms with Crippen molar-refractivity contribution in [3.8, 4) is 11.5 Å². The van der Waals surface area contributed by atoms with Gasteiger partial charge in [0.1, 0.15) is 11.6 Å². The molecule has 110 valence electrons. The number of rotatable bonds is 5. The maximum atomic E-state index is 13.3. The number of hydrogen-bond acceptors (Lipinski definition) is 4. The Labute approximate surface area is 129 Å². The van der Waals surface area contributed by atoms with Crippen LogP contribution in [0, 0.1) is 15.9 Å². The van der Waals surface area contributed by atoms with E-state index in [2.05, 4.69) is 21.2 Å². The summed E-state index contributed by atoms with van der Waals surface area (Å²) in [6.45, 7) is 0.380. The highest BCUT2D eigenvalue weighted by molar-refractivity contribution is 9.10. The summed E-state index contributed by atoms with van der Waals surface area (Å²) in [6.07, 6.45) is 0. The maximum absolute atomic E-state index is 13.3. The summed E-state index contributed by atoms with van der Waals surface area (Å²) in [5.74, 6) is 0.0569. The summed E-state index contributed by atoms with van der Waals surface area (Å²) in [5.41, 5.74) is 0.409. The van der Waals surface area contributed by atoms with E-state index >= 15 is 0 Å². The fourth-order valence-corrected chi connectivity index (χ4v) is 2.27. The summed E-state index contributed by atoms with van der Waals surface area (Å²) in [6, 6.07) is 8.57. The molecule has 0 unspecified atom stereocenters. The number of nitro groups is 1. The van der Waals surface area contributed by atoms with Crippen LogP contribution in [0.5, 0.6) is 11.5 Å². The average molecular weight is 355 g/mol. The third kappa shape index (κ3) is 3.56. The highest BCUT2D eigenvalue weighted by atomic mass is 79.9. The molecule has 0 radical (unpaired) electrons. The number of nitrogens with zero attached hydrogens (tertiary/aromatic N) is 1. The van der Waals surface area contributed by atoms with E-state index in [1.807, 2.05) is 0 Å². The van der Waals surface area contributed by atoms with E-state index in [0.717, 1.165) is 0 Å². The van der Waals surface area contributed by atoms with Gasteiger partial charge in [-0.3, -0.25) is 10.1 Å². The molecule has 0 aliphatic heterocycles. The van der Waals surface area contributed by atoms with Gasteiger partial charge in [0, 0.05) is 18.2 Å². The van der Waals surface area contributed by atoms with Crippen molar-refractivity contribution in [3.63, 3.8) is 0 Å². The summed E-state index contributed by atoms with van der Waals surface area (Å²) in [4.78, 5) is 10.5. The minimum absolute atomic E-state index is 0.0893. The van der Waals surface area contributed by atoms with Gasteiger partial charge in [-0.05, 0) is 47.2 Å². The van der Waals surface area contributed by atoms with E-state index < -0.39 is 10.7 Å². The molecule has 0 bridgehead atoms. The Hall–Kier alpha value is -1.99. The predicted octanol–water partition coefficient (Wildman–Crippen LogP) is 4.01. The van der Waals surface area contributed by atoms with Crippen LogP contribution in [0.4, 0.5) is 10.1 Å². The van der Waals surface area contributed by atoms with Crippen LogP contribution in [-0.2, 0) is 6.54 Å².